The molecule has 0 aliphatic heterocycles. The molecule has 0 aromatic heterocycles. The Bertz CT molecular complexity index is 418. The second-order valence-electron chi connectivity index (χ2n) is 5.44. The van der Waals surface area contributed by atoms with Crippen LogP contribution in [0.4, 0.5) is 0 Å². The molecule has 0 spiro atoms. The first kappa shape index (κ1) is 32.4. The number of carboxylic acid groups (broad SMARTS) is 4. The minimum Gasteiger partial charge on any atom is -0.480 e. The van der Waals surface area contributed by atoms with Crippen molar-refractivity contribution in [2.75, 3.05) is 6.54 Å². The fraction of sp³-hybridized carbons (Fsp3) is 0.714. The van der Waals surface area contributed by atoms with E-state index in [0.29, 0.717) is 0 Å². The van der Waals surface area contributed by atoms with Gasteiger partial charge < -0.3 is 48.5 Å². The lowest BCUT2D eigenvalue weighted by atomic mass is 10.1. The predicted octanol–water partition coefficient (Wildman–Crippen LogP) is -2.72. The number of nitrogens with two attached hydrogens (primary N) is 4. The zero-order valence-electron chi connectivity index (χ0n) is 15.8. The molecule has 13 heteroatoms. The normalized spacial score (nSPS) is 13.7. The summed E-state index contributed by atoms with van der Waals surface area (Å²) in [5.41, 5.74) is 19.5. The molecule has 0 saturated heterocycles. The summed E-state index contributed by atoms with van der Waals surface area (Å²) < 4.78 is 0. The van der Waals surface area contributed by atoms with Gasteiger partial charge in [-0.2, -0.15) is 0 Å². The molecular formula is C14H32N4O9. The van der Waals surface area contributed by atoms with Crippen LogP contribution in [0.3, 0.4) is 0 Å². The second kappa shape index (κ2) is 18.5. The van der Waals surface area contributed by atoms with Gasteiger partial charge >= 0.3 is 23.9 Å². The van der Waals surface area contributed by atoms with E-state index in [1.807, 2.05) is 0 Å². The van der Waals surface area contributed by atoms with Gasteiger partial charge in [-0.1, -0.05) is 13.8 Å². The van der Waals surface area contributed by atoms with Gasteiger partial charge in [0, 0.05) is 0 Å². The second-order valence-corrected chi connectivity index (χ2v) is 5.44. The maximum absolute atomic E-state index is 10.0. The van der Waals surface area contributed by atoms with E-state index < -0.39 is 48.1 Å². The van der Waals surface area contributed by atoms with Crippen LogP contribution in [0.1, 0.15) is 27.7 Å². The maximum Gasteiger partial charge on any atom is 0.323 e. The monoisotopic (exact) mass is 400 g/mol. The van der Waals surface area contributed by atoms with Crippen molar-refractivity contribution in [2.45, 2.75) is 51.9 Å². The van der Waals surface area contributed by atoms with Gasteiger partial charge in [-0.15, -0.1) is 0 Å². The minimum absolute atomic E-state index is 0.0208. The van der Waals surface area contributed by atoms with Gasteiger partial charge in [-0.05, 0) is 19.8 Å². The Morgan fingerprint density at radius 2 is 1.00 bits per heavy atom. The number of rotatable bonds is 6. The van der Waals surface area contributed by atoms with Gasteiger partial charge in [-0.25, -0.2) is 0 Å². The topological polar surface area (TPSA) is 274 Å². The van der Waals surface area contributed by atoms with Crippen molar-refractivity contribution in [3.8, 4) is 0 Å². The molecule has 0 radical (unpaired) electrons. The predicted molar refractivity (Wildman–Crippen MR) is 95.7 cm³/mol. The Labute approximate surface area is 156 Å². The van der Waals surface area contributed by atoms with Crippen molar-refractivity contribution < 1.29 is 44.7 Å². The van der Waals surface area contributed by atoms with Crippen LogP contribution in [-0.4, -0.2) is 80.2 Å². The van der Waals surface area contributed by atoms with Crippen molar-refractivity contribution in [1.82, 2.24) is 0 Å². The highest BCUT2D eigenvalue weighted by atomic mass is 16.4. The van der Waals surface area contributed by atoms with Crippen molar-refractivity contribution in [2.24, 2.45) is 28.9 Å². The Morgan fingerprint density at radius 1 is 0.741 bits per heavy atom. The van der Waals surface area contributed by atoms with Crippen LogP contribution < -0.4 is 22.9 Å². The SMILES string of the molecule is CC(C)C(N)C(=O)O.CC(N)C(=O)O.CC(O)C(N)C(=O)O.NCC(=O)O. The summed E-state index contributed by atoms with van der Waals surface area (Å²) in [7, 11) is 0. The lowest BCUT2D eigenvalue weighted by Gasteiger charge is -2.07. The van der Waals surface area contributed by atoms with Crippen molar-refractivity contribution in [1.29, 1.82) is 0 Å². The fourth-order valence-corrected chi connectivity index (χ4v) is 0.491. The zero-order valence-corrected chi connectivity index (χ0v) is 15.8. The number of hydrogen-bond donors (Lipinski definition) is 9. The molecule has 0 aliphatic carbocycles. The molecule has 162 valence electrons. The van der Waals surface area contributed by atoms with E-state index in [4.69, 9.17) is 42.7 Å². The highest BCUT2D eigenvalue weighted by molar-refractivity contribution is 5.74. The van der Waals surface area contributed by atoms with E-state index in [0.717, 1.165) is 0 Å². The average molecular weight is 400 g/mol. The van der Waals surface area contributed by atoms with Crippen LogP contribution in [0, 0.1) is 5.92 Å². The molecule has 4 unspecified atom stereocenters. The molecule has 0 fully saturated rings. The highest BCUT2D eigenvalue weighted by Crippen LogP contribution is 1.96. The lowest BCUT2D eigenvalue weighted by molar-refractivity contribution is -0.141. The van der Waals surface area contributed by atoms with E-state index in [2.05, 4.69) is 5.73 Å². The summed E-state index contributed by atoms with van der Waals surface area (Å²) in [6.07, 6.45) is -0.979. The Hall–Kier alpha value is -2.32. The first-order valence-electron chi connectivity index (χ1n) is 7.57. The van der Waals surface area contributed by atoms with Gasteiger partial charge in [0.15, 0.2) is 0 Å². The van der Waals surface area contributed by atoms with E-state index in [9.17, 15) is 19.2 Å². The van der Waals surface area contributed by atoms with E-state index in [-0.39, 0.29) is 12.5 Å². The number of aliphatic hydroxyl groups excluding tert-OH is 1. The number of hydrogen-bond acceptors (Lipinski definition) is 9. The van der Waals surface area contributed by atoms with Gasteiger partial charge in [0.05, 0.1) is 12.6 Å². The molecule has 0 aliphatic rings. The Kier molecular flexibility index (Phi) is 22.1. The summed E-state index contributed by atoms with van der Waals surface area (Å²) >= 11 is 0. The molecule has 0 bridgehead atoms. The molecule has 27 heavy (non-hydrogen) atoms. The molecule has 0 amide bonds. The summed E-state index contributed by atoms with van der Waals surface area (Å²) in [6.45, 7) is 6.03. The molecule has 0 rings (SSSR count). The van der Waals surface area contributed by atoms with Crippen molar-refractivity contribution in [3.63, 3.8) is 0 Å². The summed E-state index contributed by atoms with van der Waals surface area (Å²) in [4.78, 5) is 38.7. The first-order valence-corrected chi connectivity index (χ1v) is 7.57. The van der Waals surface area contributed by atoms with Gasteiger partial charge in [0.1, 0.15) is 18.1 Å². The Morgan fingerprint density at radius 3 is 1.00 bits per heavy atom. The fourth-order valence-electron chi connectivity index (χ4n) is 0.491. The molecule has 0 aromatic rings. The zero-order chi connectivity index (χ0) is 22.9. The van der Waals surface area contributed by atoms with Crippen LogP contribution in [-0.2, 0) is 19.2 Å². The summed E-state index contributed by atoms with van der Waals surface area (Å²) in [5.74, 6) is -4.02. The van der Waals surface area contributed by atoms with Crippen LogP contribution in [0.2, 0.25) is 0 Å². The van der Waals surface area contributed by atoms with E-state index in [1.54, 1.807) is 13.8 Å². The van der Waals surface area contributed by atoms with Crippen molar-refractivity contribution in [3.05, 3.63) is 0 Å². The maximum atomic E-state index is 10.0. The third kappa shape index (κ3) is 28.7. The van der Waals surface area contributed by atoms with Crippen LogP contribution >= 0.6 is 0 Å². The first-order chi connectivity index (χ1) is 12.0. The average Bonchev–Trinajstić information content (AvgIpc) is 2.54. The summed E-state index contributed by atoms with van der Waals surface area (Å²) in [5, 5.41) is 40.2. The molecule has 0 heterocycles. The molecular weight excluding hydrogens is 368 g/mol. The molecule has 0 aromatic carbocycles. The minimum atomic E-state index is -1.18. The van der Waals surface area contributed by atoms with Crippen LogP contribution in [0.5, 0.6) is 0 Å². The molecule has 0 saturated carbocycles. The van der Waals surface area contributed by atoms with Crippen LogP contribution in [0.25, 0.3) is 0 Å². The van der Waals surface area contributed by atoms with Gasteiger partial charge in [-0.3, -0.25) is 19.2 Å². The third-order valence-electron chi connectivity index (χ3n) is 2.37. The molecule has 13 nitrogen and oxygen atoms in total. The van der Waals surface area contributed by atoms with Crippen molar-refractivity contribution >= 4 is 23.9 Å². The number of carboxylic acids is 4. The molecule has 4 atom stereocenters. The number of aliphatic carboxylic acids is 4. The van der Waals surface area contributed by atoms with E-state index in [1.165, 1.54) is 13.8 Å². The standard InChI is InChI=1S/C5H11NO2.C4H9NO3.C3H7NO2.C2H5NO2/c1-3(2)4(6)5(7)8;1-2(6)3(5)4(7)8;1-2(4)3(5)6;3-1-2(4)5/h3-4H,6H2,1-2H3,(H,7,8);2-3,6H,5H2,1H3,(H,7,8);2H,4H2,1H3,(H,5,6);1,3H2,(H,4,5). The van der Waals surface area contributed by atoms with Crippen LogP contribution in [0.15, 0.2) is 0 Å². The summed E-state index contributed by atoms with van der Waals surface area (Å²) in [6, 6.07) is -2.60. The smallest absolute Gasteiger partial charge is 0.323 e. The number of aliphatic hydroxyl groups is 1. The third-order valence-corrected chi connectivity index (χ3v) is 2.37. The quantitative estimate of drug-likeness (QED) is 0.219. The number of carbonyl (C=O) groups is 4. The van der Waals surface area contributed by atoms with Gasteiger partial charge in [0.2, 0.25) is 0 Å². The Balaban J connectivity index is -0.000000133. The largest absolute Gasteiger partial charge is 0.480 e. The molecule has 13 N–H and O–H groups in total. The van der Waals surface area contributed by atoms with E-state index >= 15 is 0 Å². The lowest BCUT2D eigenvalue weighted by Crippen LogP contribution is -2.39. The highest BCUT2D eigenvalue weighted by Gasteiger charge is 2.16. The van der Waals surface area contributed by atoms with Gasteiger partial charge in [0.25, 0.3) is 0 Å².